The van der Waals surface area contributed by atoms with Gasteiger partial charge < -0.3 is 0 Å². The lowest BCUT2D eigenvalue weighted by atomic mass is 10.4. The highest BCUT2D eigenvalue weighted by molar-refractivity contribution is 5.92. The second-order valence-corrected chi connectivity index (χ2v) is 1.59. The number of halogens is 3. The Morgan fingerprint density at radius 3 is 2.20 bits per heavy atom. The van der Waals surface area contributed by atoms with Crippen LogP contribution < -0.4 is 0 Å². The largest absolute Gasteiger partial charge is 0.429 e. The van der Waals surface area contributed by atoms with E-state index in [1.807, 2.05) is 0 Å². The third-order valence-electron chi connectivity index (χ3n) is 0.777. The molecular weight excluding hydrogens is 145 g/mol. The first-order valence-corrected chi connectivity index (χ1v) is 2.50. The Balaban J connectivity index is 4.20. The molecule has 0 heterocycles. The van der Waals surface area contributed by atoms with Crippen molar-refractivity contribution in [2.24, 2.45) is 9.98 Å². The van der Waals surface area contributed by atoms with E-state index in [1.54, 1.807) is 0 Å². The Bertz CT molecular complexity index is 157. The van der Waals surface area contributed by atoms with Crippen LogP contribution in [0.5, 0.6) is 0 Å². The summed E-state index contributed by atoms with van der Waals surface area (Å²) in [7, 11) is 1.35. The van der Waals surface area contributed by atoms with Crippen LogP contribution in [0, 0.1) is 0 Å². The minimum Gasteiger partial charge on any atom is -0.277 e. The first-order chi connectivity index (χ1) is 4.48. The maximum atomic E-state index is 11.6. The molecule has 0 radical (unpaired) electrons. The van der Waals surface area contributed by atoms with Gasteiger partial charge in [0.2, 0.25) is 0 Å². The van der Waals surface area contributed by atoms with Gasteiger partial charge in [0.1, 0.15) is 12.1 Å². The smallest absolute Gasteiger partial charge is 0.277 e. The third-order valence-corrected chi connectivity index (χ3v) is 0.777. The second kappa shape index (κ2) is 3.34. The van der Waals surface area contributed by atoms with Crippen molar-refractivity contribution in [2.75, 3.05) is 7.05 Å². The van der Waals surface area contributed by atoms with E-state index in [4.69, 9.17) is 0 Å². The molecule has 0 rings (SSSR count). The van der Waals surface area contributed by atoms with E-state index >= 15 is 0 Å². The van der Waals surface area contributed by atoms with Gasteiger partial charge in [-0.25, -0.2) is 4.99 Å². The molecule has 5 heteroatoms. The molecule has 0 aliphatic heterocycles. The van der Waals surface area contributed by atoms with E-state index in [2.05, 4.69) is 9.98 Å². The highest BCUT2D eigenvalue weighted by Gasteiger charge is 2.31. The van der Waals surface area contributed by atoms with Gasteiger partial charge in [-0.05, 0) is 6.92 Å². The van der Waals surface area contributed by atoms with Crippen molar-refractivity contribution < 1.29 is 13.2 Å². The topological polar surface area (TPSA) is 24.7 Å². The highest BCUT2D eigenvalue weighted by atomic mass is 19.4. The summed E-state index contributed by atoms with van der Waals surface area (Å²) in [5.41, 5.74) is -0.891. The van der Waals surface area contributed by atoms with Gasteiger partial charge in [0.15, 0.2) is 0 Å². The normalized spacial score (nSPS) is 14.7. The molecule has 0 bridgehead atoms. The molecule has 0 atom stereocenters. The molecule has 0 spiro atoms. The molecule has 0 unspecified atom stereocenters. The maximum Gasteiger partial charge on any atom is 0.429 e. The Kier molecular flexibility index (Phi) is 3.05. The van der Waals surface area contributed by atoms with E-state index < -0.39 is 11.9 Å². The first kappa shape index (κ1) is 9.13. The van der Waals surface area contributed by atoms with Crippen LogP contribution in [-0.2, 0) is 0 Å². The van der Waals surface area contributed by atoms with Crippen LogP contribution in [0.2, 0.25) is 0 Å². The Morgan fingerprint density at radius 1 is 1.40 bits per heavy atom. The first-order valence-electron chi connectivity index (χ1n) is 2.50. The maximum absolute atomic E-state index is 11.6. The molecule has 58 valence electrons. The molecule has 2 nitrogen and oxygen atoms in total. The molecular formula is C5H7F3N2. The fraction of sp³-hybridized carbons (Fsp3) is 0.600. The summed E-state index contributed by atoms with van der Waals surface area (Å²) in [6, 6.07) is 0. The van der Waals surface area contributed by atoms with E-state index in [9.17, 15) is 13.2 Å². The van der Waals surface area contributed by atoms with Gasteiger partial charge in [0.05, 0.1) is 0 Å². The van der Waals surface area contributed by atoms with Gasteiger partial charge >= 0.3 is 6.18 Å². The molecule has 0 aromatic carbocycles. The fourth-order valence-electron chi connectivity index (χ4n) is 0.218. The standard InChI is InChI=1S/C5H7F3N2/c1-4(5(6,7)8)10-3-9-2/h3H,1-2H3/b9-3+,10-4+. The zero-order valence-corrected chi connectivity index (χ0v) is 5.61. The van der Waals surface area contributed by atoms with Gasteiger partial charge in [0, 0.05) is 7.05 Å². The summed E-state index contributed by atoms with van der Waals surface area (Å²) in [4.78, 5) is 6.29. The second-order valence-electron chi connectivity index (χ2n) is 1.59. The summed E-state index contributed by atoms with van der Waals surface area (Å²) >= 11 is 0. The lowest BCUT2D eigenvalue weighted by Crippen LogP contribution is -2.19. The molecule has 10 heavy (non-hydrogen) atoms. The van der Waals surface area contributed by atoms with Gasteiger partial charge in [-0.15, -0.1) is 0 Å². The number of hydrogen-bond donors (Lipinski definition) is 0. The quantitative estimate of drug-likeness (QED) is 0.403. The average molecular weight is 152 g/mol. The lowest BCUT2D eigenvalue weighted by molar-refractivity contribution is -0.0590. The van der Waals surface area contributed by atoms with Crippen molar-refractivity contribution in [1.82, 2.24) is 0 Å². The van der Waals surface area contributed by atoms with Crippen molar-refractivity contribution in [3.63, 3.8) is 0 Å². The predicted octanol–water partition coefficient (Wildman–Crippen LogP) is 1.67. The summed E-state index contributed by atoms with van der Waals surface area (Å²) < 4.78 is 34.7. The van der Waals surface area contributed by atoms with Crippen LogP contribution >= 0.6 is 0 Å². The molecule has 0 amide bonds. The number of aliphatic imine (C=N–C) groups is 2. The molecule has 0 saturated heterocycles. The molecule has 0 saturated carbocycles. The Morgan fingerprint density at radius 2 is 1.90 bits per heavy atom. The fourth-order valence-corrected chi connectivity index (χ4v) is 0.218. The van der Waals surface area contributed by atoms with Gasteiger partial charge in [-0.2, -0.15) is 13.2 Å². The van der Waals surface area contributed by atoms with E-state index in [0.717, 1.165) is 13.3 Å². The molecule has 0 fully saturated rings. The van der Waals surface area contributed by atoms with Gasteiger partial charge in [-0.1, -0.05) is 0 Å². The zero-order valence-electron chi connectivity index (χ0n) is 5.61. The van der Waals surface area contributed by atoms with Crippen LogP contribution in [0.1, 0.15) is 6.92 Å². The number of nitrogens with zero attached hydrogens (tertiary/aromatic N) is 2. The third kappa shape index (κ3) is 3.21. The van der Waals surface area contributed by atoms with Crippen LogP contribution in [-0.4, -0.2) is 25.3 Å². The minimum absolute atomic E-state index is 0.864. The van der Waals surface area contributed by atoms with Crippen molar-refractivity contribution in [3.05, 3.63) is 0 Å². The molecule has 0 N–H and O–H groups in total. The average Bonchev–Trinajstić information content (AvgIpc) is 1.80. The van der Waals surface area contributed by atoms with E-state index in [1.165, 1.54) is 7.05 Å². The summed E-state index contributed by atoms with van der Waals surface area (Å²) in [6.07, 6.45) is -3.47. The number of alkyl halides is 3. The molecule has 0 aliphatic rings. The van der Waals surface area contributed by atoms with Crippen molar-refractivity contribution in [1.29, 1.82) is 0 Å². The van der Waals surface area contributed by atoms with Gasteiger partial charge in [-0.3, -0.25) is 4.99 Å². The number of rotatable bonds is 1. The summed E-state index contributed by atoms with van der Waals surface area (Å²) in [5, 5.41) is 0. The van der Waals surface area contributed by atoms with Crippen molar-refractivity contribution in [2.45, 2.75) is 13.1 Å². The van der Waals surface area contributed by atoms with Crippen LogP contribution in [0.3, 0.4) is 0 Å². The zero-order chi connectivity index (χ0) is 8.20. The van der Waals surface area contributed by atoms with Crippen molar-refractivity contribution in [3.8, 4) is 0 Å². The van der Waals surface area contributed by atoms with Crippen molar-refractivity contribution >= 4 is 12.1 Å². The SMILES string of the molecule is C/N=C/N=C(\C)C(F)(F)F. The molecule has 0 aliphatic carbocycles. The summed E-state index contributed by atoms with van der Waals surface area (Å²) in [6.45, 7) is 0.891. The highest BCUT2D eigenvalue weighted by Crippen LogP contribution is 2.16. The predicted molar refractivity (Wildman–Crippen MR) is 33.6 cm³/mol. The molecule has 0 aromatic rings. The van der Waals surface area contributed by atoms with Crippen LogP contribution in [0.25, 0.3) is 0 Å². The van der Waals surface area contributed by atoms with E-state index in [-0.39, 0.29) is 0 Å². The minimum atomic E-state index is -4.33. The Labute approximate surface area is 56.5 Å². The Hall–Kier alpha value is -0.870. The van der Waals surface area contributed by atoms with E-state index in [0.29, 0.717) is 0 Å². The van der Waals surface area contributed by atoms with Crippen LogP contribution in [0.15, 0.2) is 9.98 Å². The van der Waals surface area contributed by atoms with Crippen LogP contribution in [0.4, 0.5) is 13.2 Å². The lowest BCUT2D eigenvalue weighted by Gasteiger charge is -2.01. The molecule has 0 aromatic heterocycles. The van der Waals surface area contributed by atoms with Gasteiger partial charge in [0.25, 0.3) is 0 Å². The summed E-state index contributed by atoms with van der Waals surface area (Å²) in [5.74, 6) is 0. The monoisotopic (exact) mass is 152 g/mol. The number of hydrogen-bond acceptors (Lipinski definition) is 1.